The lowest BCUT2D eigenvalue weighted by molar-refractivity contribution is -0.120. The molecular formula is C13H22N2O. The molecule has 3 heteroatoms. The molecule has 1 fully saturated rings. The van der Waals surface area contributed by atoms with Crippen LogP contribution in [0.3, 0.4) is 0 Å². The predicted octanol–water partition coefficient (Wildman–Crippen LogP) is 1.87. The van der Waals surface area contributed by atoms with Gasteiger partial charge < -0.3 is 11.1 Å². The molecule has 0 saturated heterocycles. The van der Waals surface area contributed by atoms with Crippen molar-refractivity contribution in [3.05, 3.63) is 11.6 Å². The van der Waals surface area contributed by atoms with Crippen LogP contribution in [0.25, 0.3) is 0 Å². The number of nitrogens with one attached hydrogen (secondary N) is 1. The minimum atomic E-state index is -0.101. The maximum atomic E-state index is 11.7. The molecule has 90 valence electrons. The van der Waals surface area contributed by atoms with Gasteiger partial charge in [0, 0.05) is 18.5 Å². The lowest BCUT2D eigenvalue weighted by Gasteiger charge is -2.38. The van der Waals surface area contributed by atoms with Gasteiger partial charge in [-0.3, -0.25) is 4.79 Å². The van der Waals surface area contributed by atoms with E-state index in [2.05, 4.69) is 11.4 Å². The van der Waals surface area contributed by atoms with Gasteiger partial charge in [0.05, 0.1) is 0 Å². The summed E-state index contributed by atoms with van der Waals surface area (Å²) >= 11 is 0. The number of allylic oxidation sites excluding steroid dienone is 1. The minimum Gasteiger partial charge on any atom is -0.354 e. The fraction of sp³-hybridized carbons (Fsp3) is 0.769. The summed E-state index contributed by atoms with van der Waals surface area (Å²) in [5, 5.41) is 2.97. The zero-order valence-corrected chi connectivity index (χ0v) is 9.93. The molecule has 0 spiro atoms. The van der Waals surface area contributed by atoms with Gasteiger partial charge in [-0.05, 0) is 44.9 Å². The van der Waals surface area contributed by atoms with Crippen LogP contribution in [0.4, 0.5) is 0 Å². The molecule has 0 radical (unpaired) electrons. The first kappa shape index (κ1) is 11.6. The van der Waals surface area contributed by atoms with Crippen molar-refractivity contribution in [2.45, 2.75) is 56.9 Å². The van der Waals surface area contributed by atoms with Crippen molar-refractivity contribution in [1.82, 2.24) is 5.32 Å². The molecule has 3 N–H and O–H groups in total. The average molecular weight is 222 g/mol. The number of nitrogens with two attached hydrogens (primary N) is 1. The highest BCUT2D eigenvalue weighted by atomic mass is 16.1. The first-order valence-corrected chi connectivity index (χ1v) is 6.41. The van der Waals surface area contributed by atoms with Gasteiger partial charge in [0.15, 0.2) is 0 Å². The van der Waals surface area contributed by atoms with E-state index in [1.165, 1.54) is 24.8 Å². The normalized spacial score (nSPS) is 23.2. The second kappa shape index (κ2) is 5.00. The van der Waals surface area contributed by atoms with E-state index in [0.29, 0.717) is 13.0 Å². The number of rotatable bonds is 4. The molecule has 1 amide bonds. The van der Waals surface area contributed by atoms with E-state index < -0.39 is 0 Å². The number of hydrogen-bond donors (Lipinski definition) is 2. The van der Waals surface area contributed by atoms with Crippen LogP contribution in [-0.4, -0.2) is 18.0 Å². The predicted molar refractivity (Wildman–Crippen MR) is 64.9 cm³/mol. The number of carbonyl (C=O) groups excluding carboxylic acids is 1. The zero-order chi connectivity index (χ0) is 11.4. The van der Waals surface area contributed by atoms with Gasteiger partial charge >= 0.3 is 0 Å². The fourth-order valence-electron chi connectivity index (χ4n) is 2.42. The van der Waals surface area contributed by atoms with Crippen LogP contribution in [0.15, 0.2) is 11.6 Å². The van der Waals surface area contributed by atoms with E-state index in [1.807, 2.05) is 0 Å². The Hall–Kier alpha value is -0.830. The van der Waals surface area contributed by atoms with Crippen molar-refractivity contribution >= 4 is 5.91 Å². The maximum Gasteiger partial charge on any atom is 0.224 e. The van der Waals surface area contributed by atoms with Gasteiger partial charge in [-0.2, -0.15) is 0 Å². The second-order valence-corrected chi connectivity index (χ2v) is 5.28. The SMILES string of the molecule is NC1(CNC(=O)CC2=CCCCC2)CCC1. The summed E-state index contributed by atoms with van der Waals surface area (Å²) in [5.74, 6) is 0.143. The quantitative estimate of drug-likeness (QED) is 0.713. The maximum absolute atomic E-state index is 11.7. The summed E-state index contributed by atoms with van der Waals surface area (Å²) in [4.78, 5) is 11.7. The largest absolute Gasteiger partial charge is 0.354 e. The summed E-state index contributed by atoms with van der Waals surface area (Å²) in [6.07, 6.45) is 10.9. The molecule has 0 aromatic carbocycles. The third kappa shape index (κ3) is 3.08. The van der Waals surface area contributed by atoms with Crippen LogP contribution < -0.4 is 11.1 Å². The van der Waals surface area contributed by atoms with Gasteiger partial charge in [-0.25, -0.2) is 0 Å². The van der Waals surface area contributed by atoms with E-state index in [-0.39, 0.29) is 11.4 Å². The Kier molecular flexibility index (Phi) is 3.64. The molecule has 2 rings (SSSR count). The molecule has 1 saturated carbocycles. The average Bonchev–Trinajstić information content (AvgIpc) is 2.25. The van der Waals surface area contributed by atoms with Crippen LogP contribution in [0.1, 0.15) is 51.4 Å². The lowest BCUT2D eigenvalue weighted by Crippen LogP contribution is -2.54. The van der Waals surface area contributed by atoms with Crippen molar-refractivity contribution in [3.8, 4) is 0 Å². The van der Waals surface area contributed by atoms with E-state index in [0.717, 1.165) is 25.7 Å². The Morgan fingerprint density at radius 2 is 2.19 bits per heavy atom. The molecule has 0 aliphatic heterocycles. The van der Waals surface area contributed by atoms with Gasteiger partial charge in [-0.15, -0.1) is 0 Å². The molecule has 2 aliphatic rings. The first-order valence-electron chi connectivity index (χ1n) is 6.41. The Labute approximate surface area is 97.5 Å². The molecule has 0 bridgehead atoms. The fourth-order valence-corrected chi connectivity index (χ4v) is 2.42. The summed E-state index contributed by atoms with van der Waals surface area (Å²) in [5.41, 5.74) is 7.26. The molecule has 2 aliphatic carbocycles. The Morgan fingerprint density at radius 1 is 1.38 bits per heavy atom. The van der Waals surface area contributed by atoms with Crippen LogP contribution in [0.2, 0.25) is 0 Å². The molecule has 0 aromatic rings. The van der Waals surface area contributed by atoms with Crippen molar-refractivity contribution in [2.75, 3.05) is 6.54 Å². The van der Waals surface area contributed by atoms with E-state index in [1.54, 1.807) is 0 Å². The van der Waals surface area contributed by atoms with E-state index in [4.69, 9.17) is 5.73 Å². The lowest BCUT2D eigenvalue weighted by atomic mass is 9.78. The van der Waals surface area contributed by atoms with Crippen LogP contribution in [0.5, 0.6) is 0 Å². The third-order valence-electron chi connectivity index (χ3n) is 3.76. The highest BCUT2D eigenvalue weighted by molar-refractivity contribution is 5.78. The third-order valence-corrected chi connectivity index (χ3v) is 3.76. The number of amides is 1. The summed E-state index contributed by atoms with van der Waals surface area (Å²) in [6, 6.07) is 0. The molecule has 0 aromatic heterocycles. The Bertz CT molecular complexity index is 292. The van der Waals surface area contributed by atoms with Crippen molar-refractivity contribution in [2.24, 2.45) is 5.73 Å². The monoisotopic (exact) mass is 222 g/mol. The second-order valence-electron chi connectivity index (χ2n) is 5.28. The molecule has 0 unspecified atom stereocenters. The smallest absolute Gasteiger partial charge is 0.224 e. The zero-order valence-electron chi connectivity index (χ0n) is 9.93. The molecule has 0 atom stereocenters. The van der Waals surface area contributed by atoms with Gasteiger partial charge in [0.2, 0.25) is 5.91 Å². The summed E-state index contributed by atoms with van der Waals surface area (Å²) in [7, 11) is 0. The van der Waals surface area contributed by atoms with Crippen LogP contribution in [-0.2, 0) is 4.79 Å². The van der Waals surface area contributed by atoms with Crippen molar-refractivity contribution in [1.29, 1.82) is 0 Å². The summed E-state index contributed by atoms with van der Waals surface area (Å²) < 4.78 is 0. The summed E-state index contributed by atoms with van der Waals surface area (Å²) in [6.45, 7) is 0.652. The highest BCUT2D eigenvalue weighted by Gasteiger charge is 2.32. The van der Waals surface area contributed by atoms with Gasteiger partial charge in [0.1, 0.15) is 0 Å². The Morgan fingerprint density at radius 3 is 2.75 bits per heavy atom. The van der Waals surface area contributed by atoms with Crippen molar-refractivity contribution in [3.63, 3.8) is 0 Å². The standard InChI is InChI=1S/C13H22N2O/c14-13(7-4-8-13)10-15-12(16)9-11-5-2-1-3-6-11/h5H,1-4,6-10,14H2,(H,15,16). The van der Waals surface area contributed by atoms with E-state index >= 15 is 0 Å². The van der Waals surface area contributed by atoms with Crippen LogP contribution >= 0.6 is 0 Å². The topological polar surface area (TPSA) is 55.1 Å². The Balaban J connectivity index is 1.69. The molecular weight excluding hydrogens is 200 g/mol. The van der Waals surface area contributed by atoms with E-state index in [9.17, 15) is 4.79 Å². The van der Waals surface area contributed by atoms with Gasteiger partial charge in [-0.1, -0.05) is 11.6 Å². The highest BCUT2D eigenvalue weighted by Crippen LogP contribution is 2.28. The molecule has 3 nitrogen and oxygen atoms in total. The minimum absolute atomic E-state index is 0.101. The molecule has 16 heavy (non-hydrogen) atoms. The van der Waals surface area contributed by atoms with Crippen molar-refractivity contribution < 1.29 is 4.79 Å². The number of carbonyl (C=O) groups is 1. The molecule has 0 heterocycles. The van der Waals surface area contributed by atoms with Crippen LogP contribution in [0, 0.1) is 0 Å². The number of hydrogen-bond acceptors (Lipinski definition) is 2. The van der Waals surface area contributed by atoms with Gasteiger partial charge in [0.25, 0.3) is 0 Å². The first-order chi connectivity index (χ1) is 7.68.